The van der Waals surface area contributed by atoms with Crippen molar-refractivity contribution in [2.45, 2.75) is 38.0 Å². The van der Waals surface area contributed by atoms with Crippen molar-refractivity contribution >= 4 is 18.0 Å². The number of amides is 2. The first-order chi connectivity index (χ1) is 18.4. The number of ether oxygens (including phenoxy) is 2. The number of alkyl carbamates (subject to hydrolysis) is 1. The van der Waals surface area contributed by atoms with Gasteiger partial charge in [0, 0.05) is 26.1 Å². The van der Waals surface area contributed by atoms with Gasteiger partial charge in [0.15, 0.2) is 0 Å². The molecule has 3 aromatic rings. The third kappa shape index (κ3) is 6.20. The Morgan fingerprint density at radius 1 is 0.921 bits per heavy atom. The van der Waals surface area contributed by atoms with Crippen molar-refractivity contribution in [3.8, 4) is 11.1 Å². The Bertz CT molecular complexity index is 1230. The molecule has 0 spiro atoms. The van der Waals surface area contributed by atoms with Gasteiger partial charge in [-0.2, -0.15) is 0 Å². The lowest BCUT2D eigenvalue weighted by atomic mass is 9.98. The van der Waals surface area contributed by atoms with Gasteiger partial charge in [-0.05, 0) is 34.7 Å². The van der Waals surface area contributed by atoms with E-state index >= 15 is 0 Å². The van der Waals surface area contributed by atoms with E-state index in [1.807, 2.05) is 66.7 Å². The average molecular weight is 517 g/mol. The van der Waals surface area contributed by atoms with E-state index in [-0.39, 0.29) is 32.0 Å². The molecular formula is C30H32N2O6. The summed E-state index contributed by atoms with van der Waals surface area (Å²) in [7, 11) is 1.45. The first-order valence-electron chi connectivity index (χ1n) is 12.6. The normalized spacial score (nSPS) is 13.6. The van der Waals surface area contributed by atoms with Crippen LogP contribution in [0.25, 0.3) is 11.1 Å². The Labute approximate surface area is 222 Å². The zero-order valence-corrected chi connectivity index (χ0v) is 21.5. The topological polar surface area (TPSA) is 105 Å². The molecule has 2 atom stereocenters. The Kier molecular flexibility index (Phi) is 8.76. The van der Waals surface area contributed by atoms with E-state index in [9.17, 15) is 19.5 Å². The maximum absolute atomic E-state index is 13.6. The fraction of sp³-hybridized carbons (Fsp3) is 0.300. The third-order valence-corrected chi connectivity index (χ3v) is 6.85. The standard InChI is InChI=1S/C30H32N2O6/c1-20(37-2)28(29(35)32(17-16-27(33)34)18-21-10-4-3-5-11-21)31-30(36)38-19-26-24-14-8-6-12-22(24)23-13-7-9-15-25(23)26/h3-15,20,26,28H,16-19H2,1-2H3,(H,31,36)(H,33,34). The van der Waals surface area contributed by atoms with E-state index in [0.717, 1.165) is 27.8 Å². The van der Waals surface area contributed by atoms with Gasteiger partial charge in [0.05, 0.1) is 12.5 Å². The largest absolute Gasteiger partial charge is 0.481 e. The van der Waals surface area contributed by atoms with Crippen LogP contribution in [-0.4, -0.2) is 60.4 Å². The first kappa shape index (κ1) is 26.9. The molecule has 2 unspecified atom stereocenters. The monoisotopic (exact) mass is 516 g/mol. The summed E-state index contributed by atoms with van der Waals surface area (Å²) in [6.45, 7) is 1.97. The molecule has 0 bridgehead atoms. The molecule has 0 aromatic heterocycles. The minimum Gasteiger partial charge on any atom is -0.481 e. The molecule has 4 rings (SSSR count). The van der Waals surface area contributed by atoms with Crippen LogP contribution < -0.4 is 5.32 Å². The van der Waals surface area contributed by atoms with Crippen molar-refractivity contribution in [2.75, 3.05) is 20.3 Å². The Morgan fingerprint density at radius 3 is 2.08 bits per heavy atom. The number of carbonyl (C=O) groups excluding carboxylic acids is 2. The van der Waals surface area contributed by atoms with Crippen molar-refractivity contribution in [1.82, 2.24) is 10.2 Å². The molecular weight excluding hydrogens is 484 g/mol. The number of rotatable bonds is 11. The van der Waals surface area contributed by atoms with Crippen molar-refractivity contribution in [1.29, 1.82) is 0 Å². The number of methoxy groups -OCH3 is 1. The molecule has 38 heavy (non-hydrogen) atoms. The fourth-order valence-corrected chi connectivity index (χ4v) is 4.78. The van der Waals surface area contributed by atoms with Crippen LogP contribution in [0.5, 0.6) is 0 Å². The van der Waals surface area contributed by atoms with Gasteiger partial charge in [0.25, 0.3) is 0 Å². The molecule has 0 saturated heterocycles. The SMILES string of the molecule is COC(C)C(NC(=O)OCC1c2ccccc2-c2ccccc21)C(=O)N(CCC(=O)O)Cc1ccccc1. The number of aliphatic carboxylic acids is 1. The number of hydrogen-bond donors (Lipinski definition) is 2. The fourth-order valence-electron chi connectivity index (χ4n) is 4.78. The Hall–Kier alpha value is -4.17. The summed E-state index contributed by atoms with van der Waals surface area (Å²) < 4.78 is 11.0. The second-order valence-corrected chi connectivity index (χ2v) is 9.28. The first-order valence-corrected chi connectivity index (χ1v) is 12.6. The van der Waals surface area contributed by atoms with Gasteiger partial charge in [0.2, 0.25) is 5.91 Å². The molecule has 2 amide bonds. The number of hydrogen-bond acceptors (Lipinski definition) is 5. The molecule has 3 aromatic carbocycles. The molecule has 0 aliphatic heterocycles. The van der Waals surface area contributed by atoms with Crippen LogP contribution in [0.3, 0.4) is 0 Å². The van der Waals surface area contributed by atoms with Gasteiger partial charge in [-0.25, -0.2) is 4.79 Å². The maximum atomic E-state index is 13.6. The number of carboxylic acid groups (broad SMARTS) is 1. The zero-order chi connectivity index (χ0) is 27.1. The van der Waals surface area contributed by atoms with Gasteiger partial charge < -0.3 is 24.8 Å². The number of carbonyl (C=O) groups is 3. The van der Waals surface area contributed by atoms with Crippen LogP contribution >= 0.6 is 0 Å². The number of nitrogens with zero attached hydrogens (tertiary/aromatic N) is 1. The lowest BCUT2D eigenvalue weighted by Crippen LogP contribution is -2.54. The molecule has 0 saturated carbocycles. The van der Waals surface area contributed by atoms with Gasteiger partial charge >= 0.3 is 12.1 Å². The quantitative estimate of drug-likeness (QED) is 0.391. The van der Waals surface area contributed by atoms with E-state index in [2.05, 4.69) is 17.4 Å². The van der Waals surface area contributed by atoms with Crippen molar-refractivity contribution in [2.24, 2.45) is 0 Å². The highest BCUT2D eigenvalue weighted by Gasteiger charge is 2.33. The summed E-state index contributed by atoms with van der Waals surface area (Å²) in [4.78, 5) is 39.2. The van der Waals surface area contributed by atoms with Crippen molar-refractivity contribution < 1.29 is 29.0 Å². The highest BCUT2D eigenvalue weighted by atomic mass is 16.5. The second kappa shape index (κ2) is 12.4. The lowest BCUT2D eigenvalue weighted by Gasteiger charge is -2.30. The van der Waals surface area contributed by atoms with Gasteiger partial charge in [-0.3, -0.25) is 9.59 Å². The molecule has 1 aliphatic rings. The smallest absolute Gasteiger partial charge is 0.407 e. The van der Waals surface area contributed by atoms with Crippen LogP contribution in [0.15, 0.2) is 78.9 Å². The van der Waals surface area contributed by atoms with Crippen molar-refractivity contribution in [3.63, 3.8) is 0 Å². The Balaban J connectivity index is 1.47. The summed E-state index contributed by atoms with van der Waals surface area (Å²) in [5.74, 6) is -1.58. The van der Waals surface area contributed by atoms with Crippen LogP contribution in [0, 0.1) is 0 Å². The lowest BCUT2D eigenvalue weighted by molar-refractivity contribution is -0.140. The molecule has 1 aliphatic carbocycles. The predicted octanol–water partition coefficient (Wildman–Crippen LogP) is 4.43. The predicted molar refractivity (Wildman–Crippen MR) is 143 cm³/mol. The molecule has 198 valence electrons. The zero-order valence-electron chi connectivity index (χ0n) is 21.5. The molecule has 0 radical (unpaired) electrons. The second-order valence-electron chi connectivity index (χ2n) is 9.28. The van der Waals surface area contributed by atoms with Gasteiger partial charge in [-0.1, -0.05) is 78.9 Å². The molecule has 0 fully saturated rings. The molecule has 2 N–H and O–H groups in total. The summed E-state index contributed by atoms with van der Waals surface area (Å²) >= 11 is 0. The number of fused-ring (bicyclic) bond motifs is 3. The molecule has 8 heteroatoms. The summed E-state index contributed by atoms with van der Waals surface area (Å²) in [6, 6.07) is 24.3. The Morgan fingerprint density at radius 2 is 1.50 bits per heavy atom. The minimum absolute atomic E-state index is 0.0115. The van der Waals surface area contributed by atoms with E-state index in [1.54, 1.807) is 6.92 Å². The van der Waals surface area contributed by atoms with Gasteiger partial charge in [0.1, 0.15) is 12.6 Å². The summed E-state index contributed by atoms with van der Waals surface area (Å²) in [5, 5.41) is 11.9. The average Bonchev–Trinajstić information content (AvgIpc) is 3.26. The minimum atomic E-state index is -1.06. The maximum Gasteiger partial charge on any atom is 0.407 e. The summed E-state index contributed by atoms with van der Waals surface area (Å²) in [5.41, 5.74) is 5.25. The highest BCUT2D eigenvalue weighted by Crippen LogP contribution is 2.44. The van der Waals surface area contributed by atoms with E-state index < -0.39 is 30.1 Å². The molecule has 8 nitrogen and oxygen atoms in total. The van der Waals surface area contributed by atoms with Crippen LogP contribution in [0.4, 0.5) is 4.79 Å². The third-order valence-electron chi connectivity index (χ3n) is 6.85. The molecule has 0 heterocycles. The van der Waals surface area contributed by atoms with Crippen LogP contribution in [0.1, 0.15) is 36.0 Å². The van der Waals surface area contributed by atoms with Crippen LogP contribution in [-0.2, 0) is 25.6 Å². The van der Waals surface area contributed by atoms with E-state index in [4.69, 9.17) is 9.47 Å². The highest BCUT2D eigenvalue weighted by molar-refractivity contribution is 5.87. The van der Waals surface area contributed by atoms with E-state index in [0.29, 0.717) is 0 Å². The van der Waals surface area contributed by atoms with Crippen LogP contribution in [0.2, 0.25) is 0 Å². The van der Waals surface area contributed by atoms with E-state index in [1.165, 1.54) is 12.0 Å². The van der Waals surface area contributed by atoms with Gasteiger partial charge in [-0.15, -0.1) is 0 Å². The number of carboxylic acids is 1. The number of nitrogens with one attached hydrogen (secondary N) is 1. The summed E-state index contributed by atoms with van der Waals surface area (Å²) in [6.07, 6.45) is -1.64. The number of benzene rings is 3. The van der Waals surface area contributed by atoms with Crippen molar-refractivity contribution in [3.05, 3.63) is 95.6 Å².